The maximum Gasteiger partial charge on any atom is 0.124 e. The Labute approximate surface area is 100 Å². The minimum Gasteiger partial charge on any atom is -0.496 e. The van der Waals surface area contributed by atoms with Crippen LogP contribution in [0.15, 0.2) is 22.7 Å². The quantitative estimate of drug-likeness (QED) is 0.802. The molecule has 1 rings (SSSR count). The van der Waals surface area contributed by atoms with E-state index in [0.29, 0.717) is 0 Å². The van der Waals surface area contributed by atoms with Crippen LogP contribution in [0.2, 0.25) is 0 Å². The summed E-state index contributed by atoms with van der Waals surface area (Å²) in [6.45, 7) is 4.10. The zero-order valence-corrected chi connectivity index (χ0v) is 10.9. The van der Waals surface area contributed by atoms with Crippen molar-refractivity contribution in [2.45, 2.75) is 26.3 Å². The van der Waals surface area contributed by atoms with Gasteiger partial charge in [-0.15, -0.1) is 0 Å². The molecule has 3 heteroatoms. The van der Waals surface area contributed by atoms with Crippen molar-refractivity contribution in [3.05, 3.63) is 28.2 Å². The third-order valence-electron chi connectivity index (χ3n) is 2.30. The number of hydrogen-bond acceptors (Lipinski definition) is 2. The van der Waals surface area contributed by atoms with Crippen LogP contribution in [-0.2, 0) is 6.54 Å². The summed E-state index contributed by atoms with van der Waals surface area (Å²) in [6.07, 6.45) is 2.44. The predicted molar refractivity (Wildman–Crippen MR) is 67.3 cm³/mol. The van der Waals surface area contributed by atoms with E-state index in [4.69, 9.17) is 4.74 Å². The molecule has 0 saturated heterocycles. The van der Waals surface area contributed by atoms with Crippen molar-refractivity contribution < 1.29 is 4.74 Å². The molecule has 0 fully saturated rings. The minimum absolute atomic E-state index is 0.852. The van der Waals surface area contributed by atoms with Crippen LogP contribution in [0.5, 0.6) is 5.75 Å². The first kappa shape index (κ1) is 12.5. The van der Waals surface area contributed by atoms with Gasteiger partial charge in [-0.3, -0.25) is 0 Å². The number of unbranched alkanes of at least 4 members (excludes halogenated alkanes) is 1. The van der Waals surface area contributed by atoms with Crippen molar-refractivity contribution in [2.75, 3.05) is 13.7 Å². The van der Waals surface area contributed by atoms with E-state index in [-0.39, 0.29) is 0 Å². The maximum atomic E-state index is 5.31. The van der Waals surface area contributed by atoms with Gasteiger partial charge in [0.25, 0.3) is 0 Å². The van der Waals surface area contributed by atoms with Crippen molar-refractivity contribution in [3.8, 4) is 5.75 Å². The van der Waals surface area contributed by atoms with Gasteiger partial charge in [-0.05, 0) is 25.1 Å². The molecule has 0 spiro atoms. The van der Waals surface area contributed by atoms with Gasteiger partial charge in [-0.2, -0.15) is 0 Å². The zero-order valence-electron chi connectivity index (χ0n) is 9.35. The Hall–Kier alpha value is -0.540. The molecule has 0 amide bonds. The monoisotopic (exact) mass is 271 g/mol. The van der Waals surface area contributed by atoms with Gasteiger partial charge in [0, 0.05) is 16.6 Å². The summed E-state index contributed by atoms with van der Waals surface area (Å²) >= 11 is 3.54. The Bertz CT molecular complexity index is 302. The van der Waals surface area contributed by atoms with Gasteiger partial charge in [0.2, 0.25) is 0 Å². The lowest BCUT2D eigenvalue weighted by Crippen LogP contribution is -2.15. The van der Waals surface area contributed by atoms with Crippen LogP contribution in [-0.4, -0.2) is 13.7 Å². The van der Waals surface area contributed by atoms with Gasteiger partial charge < -0.3 is 10.1 Å². The van der Waals surface area contributed by atoms with Crippen molar-refractivity contribution in [2.24, 2.45) is 0 Å². The first-order valence-electron chi connectivity index (χ1n) is 5.31. The Balaban J connectivity index is 2.58. The van der Waals surface area contributed by atoms with Gasteiger partial charge >= 0.3 is 0 Å². The topological polar surface area (TPSA) is 21.3 Å². The number of halogens is 1. The molecule has 1 N–H and O–H groups in total. The number of rotatable bonds is 6. The third kappa shape index (κ3) is 3.84. The largest absolute Gasteiger partial charge is 0.496 e. The highest BCUT2D eigenvalue weighted by Gasteiger charge is 2.05. The number of hydrogen-bond donors (Lipinski definition) is 1. The van der Waals surface area contributed by atoms with E-state index in [9.17, 15) is 0 Å². The molecular formula is C12H18BrNO. The average molecular weight is 272 g/mol. The van der Waals surface area contributed by atoms with Gasteiger partial charge in [-0.1, -0.05) is 35.3 Å². The van der Waals surface area contributed by atoms with E-state index in [1.165, 1.54) is 18.4 Å². The fraction of sp³-hybridized carbons (Fsp3) is 0.500. The van der Waals surface area contributed by atoms with Crippen LogP contribution in [0.1, 0.15) is 25.3 Å². The van der Waals surface area contributed by atoms with Gasteiger partial charge in [0.05, 0.1) is 7.11 Å². The predicted octanol–water partition coefficient (Wildman–Crippen LogP) is 3.35. The molecule has 0 aliphatic carbocycles. The van der Waals surface area contributed by atoms with E-state index in [1.807, 2.05) is 18.2 Å². The van der Waals surface area contributed by atoms with E-state index in [1.54, 1.807) is 7.11 Å². The van der Waals surface area contributed by atoms with Crippen LogP contribution in [0, 0.1) is 0 Å². The fourth-order valence-electron chi connectivity index (χ4n) is 1.42. The van der Waals surface area contributed by atoms with Gasteiger partial charge in [0.1, 0.15) is 5.75 Å². The maximum absolute atomic E-state index is 5.31. The SMILES string of the molecule is CCCCNCc1c(Br)cccc1OC. The fourth-order valence-corrected chi connectivity index (χ4v) is 1.91. The highest BCUT2D eigenvalue weighted by Crippen LogP contribution is 2.26. The Morgan fingerprint density at radius 3 is 2.87 bits per heavy atom. The number of methoxy groups -OCH3 is 1. The molecule has 0 unspecified atom stereocenters. The summed E-state index contributed by atoms with van der Waals surface area (Å²) < 4.78 is 6.42. The number of benzene rings is 1. The summed E-state index contributed by atoms with van der Waals surface area (Å²) in [5.74, 6) is 0.938. The van der Waals surface area contributed by atoms with Gasteiger partial charge in [-0.25, -0.2) is 0 Å². The minimum atomic E-state index is 0.852. The van der Waals surface area contributed by atoms with Crippen LogP contribution >= 0.6 is 15.9 Å². The lowest BCUT2D eigenvalue weighted by molar-refractivity contribution is 0.407. The first-order valence-corrected chi connectivity index (χ1v) is 6.11. The molecule has 0 heterocycles. The summed E-state index contributed by atoms with van der Waals surface area (Å²) in [5.41, 5.74) is 1.19. The normalized spacial score (nSPS) is 10.3. The lowest BCUT2D eigenvalue weighted by Gasteiger charge is -2.11. The van der Waals surface area contributed by atoms with Crippen molar-refractivity contribution in [1.29, 1.82) is 0 Å². The first-order chi connectivity index (χ1) is 7.29. The van der Waals surface area contributed by atoms with E-state index in [2.05, 4.69) is 28.2 Å². The molecule has 15 heavy (non-hydrogen) atoms. The molecule has 0 bridgehead atoms. The second-order valence-electron chi connectivity index (χ2n) is 3.45. The molecule has 0 aromatic heterocycles. The molecule has 1 aromatic carbocycles. The third-order valence-corrected chi connectivity index (χ3v) is 3.05. The highest BCUT2D eigenvalue weighted by molar-refractivity contribution is 9.10. The Morgan fingerprint density at radius 1 is 1.40 bits per heavy atom. The smallest absolute Gasteiger partial charge is 0.124 e. The van der Waals surface area contributed by atoms with Crippen LogP contribution in [0.3, 0.4) is 0 Å². The van der Waals surface area contributed by atoms with Gasteiger partial charge in [0.15, 0.2) is 0 Å². The van der Waals surface area contributed by atoms with Crippen molar-refractivity contribution in [3.63, 3.8) is 0 Å². The standard InChI is InChI=1S/C12H18BrNO/c1-3-4-8-14-9-10-11(13)6-5-7-12(10)15-2/h5-7,14H,3-4,8-9H2,1-2H3. The summed E-state index contributed by atoms with van der Waals surface area (Å²) in [5, 5.41) is 3.41. The van der Waals surface area contributed by atoms with Crippen LogP contribution in [0.4, 0.5) is 0 Å². The van der Waals surface area contributed by atoms with E-state index < -0.39 is 0 Å². The molecule has 0 aliphatic heterocycles. The number of ether oxygens (including phenoxy) is 1. The molecule has 0 atom stereocenters. The second-order valence-corrected chi connectivity index (χ2v) is 4.31. The van der Waals surface area contributed by atoms with Crippen molar-refractivity contribution in [1.82, 2.24) is 5.32 Å². The Morgan fingerprint density at radius 2 is 2.20 bits per heavy atom. The average Bonchev–Trinajstić information content (AvgIpc) is 2.26. The van der Waals surface area contributed by atoms with E-state index >= 15 is 0 Å². The molecule has 1 aromatic rings. The van der Waals surface area contributed by atoms with Crippen LogP contribution < -0.4 is 10.1 Å². The Kier molecular flexibility index (Phi) is 5.73. The highest BCUT2D eigenvalue weighted by atomic mass is 79.9. The molecule has 2 nitrogen and oxygen atoms in total. The molecule has 0 saturated carbocycles. The van der Waals surface area contributed by atoms with Crippen LogP contribution in [0.25, 0.3) is 0 Å². The second kappa shape index (κ2) is 6.85. The van der Waals surface area contributed by atoms with E-state index in [0.717, 1.165) is 23.3 Å². The number of nitrogens with one attached hydrogen (secondary N) is 1. The summed E-state index contributed by atoms with van der Waals surface area (Å²) in [7, 11) is 1.71. The summed E-state index contributed by atoms with van der Waals surface area (Å²) in [4.78, 5) is 0. The lowest BCUT2D eigenvalue weighted by atomic mass is 10.2. The molecule has 0 aliphatic rings. The molecule has 0 radical (unpaired) electrons. The zero-order chi connectivity index (χ0) is 11.1. The molecule has 84 valence electrons. The molecular weight excluding hydrogens is 254 g/mol. The van der Waals surface area contributed by atoms with Crippen molar-refractivity contribution >= 4 is 15.9 Å². The summed E-state index contributed by atoms with van der Waals surface area (Å²) in [6, 6.07) is 6.01.